The van der Waals surface area contributed by atoms with Crippen LogP contribution in [0.25, 0.3) is 0 Å². The highest BCUT2D eigenvalue weighted by Crippen LogP contribution is 2.24. The molecule has 2 N–H and O–H groups in total. The molecule has 1 aliphatic heterocycles. The van der Waals surface area contributed by atoms with Crippen molar-refractivity contribution in [3.8, 4) is 0 Å². The molecule has 26 heavy (non-hydrogen) atoms. The predicted octanol–water partition coefficient (Wildman–Crippen LogP) is 2.13. The number of nitrogens with one attached hydrogen (secondary N) is 2. The molecule has 1 aromatic rings. The standard InChI is InChI=1S/C19H29FN4OS/c1-14(2)17-13-24(10-11-26-17)19(21-3)23-9-8-22-18(25)12-15-4-6-16(20)7-5-15/h4-7,14,17H,8-13H2,1-3H3,(H,21,23)(H,22,25). The minimum atomic E-state index is -0.291. The summed E-state index contributed by atoms with van der Waals surface area (Å²) < 4.78 is 12.9. The molecule has 1 atom stereocenters. The molecule has 0 radical (unpaired) electrons. The molecule has 0 aliphatic carbocycles. The van der Waals surface area contributed by atoms with Crippen LogP contribution in [0.5, 0.6) is 0 Å². The Hall–Kier alpha value is -1.76. The minimum Gasteiger partial charge on any atom is -0.354 e. The zero-order valence-electron chi connectivity index (χ0n) is 15.8. The SMILES string of the molecule is CN=C(NCCNC(=O)Cc1ccc(F)cc1)N1CCSC(C(C)C)C1. The Morgan fingerprint density at radius 3 is 2.65 bits per heavy atom. The lowest BCUT2D eigenvalue weighted by Crippen LogP contribution is -2.50. The zero-order valence-corrected chi connectivity index (χ0v) is 16.6. The summed E-state index contributed by atoms with van der Waals surface area (Å²) in [5.74, 6) is 2.29. The molecule has 1 aliphatic rings. The monoisotopic (exact) mass is 380 g/mol. The molecular weight excluding hydrogens is 351 g/mol. The largest absolute Gasteiger partial charge is 0.354 e. The molecule has 1 unspecified atom stereocenters. The Morgan fingerprint density at radius 1 is 1.31 bits per heavy atom. The van der Waals surface area contributed by atoms with E-state index in [2.05, 4.69) is 34.4 Å². The third-order valence-corrected chi connectivity index (χ3v) is 5.90. The van der Waals surface area contributed by atoms with Crippen molar-refractivity contribution in [3.05, 3.63) is 35.6 Å². The van der Waals surface area contributed by atoms with Crippen LogP contribution in [0.1, 0.15) is 19.4 Å². The normalized spacial score (nSPS) is 18.1. The van der Waals surface area contributed by atoms with Gasteiger partial charge in [-0.1, -0.05) is 26.0 Å². The number of carbonyl (C=O) groups excluding carboxylic acids is 1. The summed E-state index contributed by atoms with van der Waals surface area (Å²) in [5.41, 5.74) is 0.804. The van der Waals surface area contributed by atoms with Crippen LogP contribution >= 0.6 is 11.8 Å². The van der Waals surface area contributed by atoms with Gasteiger partial charge >= 0.3 is 0 Å². The van der Waals surface area contributed by atoms with Gasteiger partial charge in [0.1, 0.15) is 5.82 Å². The Kier molecular flexibility index (Phi) is 8.22. The fourth-order valence-electron chi connectivity index (χ4n) is 2.83. The van der Waals surface area contributed by atoms with Gasteiger partial charge in [0, 0.05) is 44.2 Å². The van der Waals surface area contributed by atoms with Crippen molar-refractivity contribution in [2.75, 3.05) is 39.0 Å². The van der Waals surface area contributed by atoms with E-state index in [4.69, 9.17) is 0 Å². The highest BCUT2D eigenvalue weighted by atomic mass is 32.2. The van der Waals surface area contributed by atoms with Gasteiger partial charge in [-0.05, 0) is 23.6 Å². The smallest absolute Gasteiger partial charge is 0.224 e. The number of benzene rings is 1. The first-order valence-electron chi connectivity index (χ1n) is 9.08. The Labute approximate surface area is 159 Å². The van der Waals surface area contributed by atoms with Crippen LogP contribution in [-0.2, 0) is 11.2 Å². The summed E-state index contributed by atoms with van der Waals surface area (Å²) in [6.45, 7) is 7.65. The van der Waals surface area contributed by atoms with Crippen LogP contribution in [0, 0.1) is 11.7 Å². The summed E-state index contributed by atoms with van der Waals surface area (Å²) in [4.78, 5) is 18.6. The molecule has 1 heterocycles. The van der Waals surface area contributed by atoms with E-state index in [1.54, 1.807) is 19.2 Å². The molecule has 144 valence electrons. The molecule has 2 rings (SSSR count). The van der Waals surface area contributed by atoms with Gasteiger partial charge < -0.3 is 15.5 Å². The zero-order chi connectivity index (χ0) is 18.9. The number of guanidine groups is 1. The van der Waals surface area contributed by atoms with Gasteiger partial charge in [-0.2, -0.15) is 11.8 Å². The average molecular weight is 381 g/mol. The number of rotatable bonds is 6. The molecule has 7 heteroatoms. The molecular formula is C19H29FN4OS. The highest BCUT2D eigenvalue weighted by molar-refractivity contribution is 8.00. The number of nitrogens with zero attached hydrogens (tertiary/aromatic N) is 2. The summed E-state index contributed by atoms with van der Waals surface area (Å²) >= 11 is 2.03. The lowest BCUT2D eigenvalue weighted by atomic mass is 10.1. The van der Waals surface area contributed by atoms with Crippen LogP contribution in [-0.4, -0.2) is 61.0 Å². The third-order valence-electron chi connectivity index (χ3n) is 4.36. The van der Waals surface area contributed by atoms with E-state index in [1.807, 2.05) is 11.8 Å². The van der Waals surface area contributed by atoms with Crippen LogP contribution in [0.2, 0.25) is 0 Å². The van der Waals surface area contributed by atoms with Crippen molar-refractivity contribution in [2.45, 2.75) is 25.5 Å². The molecule has 1 saturated heterocycles. The number of carbonyl (C=O) groups is 1. The van der Waals surface area contributed by atoms with Crippen LogP contribution < -0.4 is 10.6 Å². The molecule has 1 amide bonds. The van der Waals surface area contributed by atoms with E-state index in [9.17, 15) is 9.18 Å². The molecule has 0 spiro atoms. The number of aliphatic imine (C=N–C) groups is 1. The Bertz CT molecular complexity index is 606. The highest BCUT2D eigenvalue weighted by Gasteiger charge is 2.24. The molecule has 1 aromatic carbocycles. The van der Waals surface area contributed by atoms with Gasteiger partial charge in [0.2, 0.25) is 5.91 Å². The van der Waals surface area contributed by atoms with E-state index in [0.717, 1.165) is 30.4 Å². The van der Waals surface area contributed by atoms with Gasteiger partial charge in [-0.25, -0.2) is 4.39 Å². The number of hydrogen-bond acceptors (Lipinski definition) is 3. The fourth-order valence-corrected chi connectivity index (χ4v) is 4.13. The second-order valence-corrected chi connectivity index (χ2v) is 8.07. The first-order valence-corrected chi connectivity index (χ1v) is 10.1. The number of amides is 1. The summed E-state index contributed by atoms with van der Waals surface area (Å²) in [6, 6.07) is 6.01. The fraction of sp³-hybridized carbons (Fsp3) is 0.579. The molecule has 0 bridgehead atoms. The second kappa shape index (κ2) is 10.4. The quantitative estimate of drug-likeness (QED) is 0.451. The minimum absolute atomic E-state index is 0.0670. The van der Waals surface area contributed by atoms with Crippen LogP contribution in [0.3, 0.4) is 0 Å². The van der Waals surface area contributed by atoms with E-state index in [0.29, 0.717) is 24.3 Å². The number of halogens is 1. The topological polar surface area (TPSA) is 56.7 Å². The summed E-state index contributed by atoms with van der Waals surface area (Å²) in [7, 11) is 1.79. The first kappa shape index (κ1) is 20.6. The van der Waals surface area contributed by atoms with Crippen molar-refractivity contribution in [1.29, 1.82) is 0 Å². The van der Waals surface area contributed by atoms with Gasteiger partial charge in [-0.3, -0.25) is 9.79 Å². The number of hydrogen-bond donors (Lipinski definition) is 2. The Morgan fingerprint density at radius 2 is 2.00 bits per heavy atom. The summed E-state index contributed by atoms with van der Waals surface area (Å²) in [5, 5.41) is 6.83. The van der Waals surface area contributed by atoms with E-state index in [1.165, 1.54) is 12.1 Å². The van der Waals surface area contributed by atoms with Crippen molar-refractivity contribution in [1.82, 2.24) is 15.5 Å². The van der Waals surface area contributed by atoms with Crippen LogP contribution in [0.4, 0.5) is 4.39 Å². The third kappa shape index (κ3) is 6.52. The van der Waals surface area contributed by atoms with Crippen LogP contribution in [0.15, 0.2) is 29.3 Å². The van der Waals surface area contributed by atoms with E-state index >= 15 is 0 Å². The maximum Gasteiger partial charge on any atom is 0.224 e. The van der Waals surface area contributed by atoms with Gasteiger partial charge in [0.25, 0.3) is 0 Å². The first-order chi connectivity index (χ1) is 12.5. The van der Waals surface area contributed by atoms with E-state index < -0.39 is 0 Å². The Balaban J connectivity index is 1.70. The van der Waals surface area contributed by atoms with Gasteiger partial charge in [-0.15, -0.1) is 0 Å². The molecule has 1 fully saturated rings. The van der Waals surface area contributed by atoms with E-state index in [-0.39, 0.29) is 18.1 Å². The average Bonchev–Trinajstić information content (AvgIpc) is 2.64. The lowest BCUT2D eigenvalue weighted by molar-refractivity contribution is -0.120. The van der Waals surface area contributed by atoms with Crippen molar-refractivity contribution in [2.24, 2.45) is 10.9 Å². The second-order valence-electron chi connectivity index (χ2n) is 6.73. The van der Waals surface area contributed by atoms with Crippen molar-refractivity contribution in [3.63, 3.8) is 0 Å². The maximum atomic E-state index is 12.9. The van der Waals surface area contributed by atoms with Crippen molar-refractivity contribution < 1.29 is 9.18 Å². The predicted molar refractivity (Wildman–Crippen MR) is 107 cm³/mol. The lowest BCUT2D eigenvalue weighted by Gasteiger charge is -2.36. The van der Waals surface area contributed by atoms with Gasteiger partial charge in [0.15, 0.2) is 5.96 Å². The summed E-state index contributed by atoms with van der Waals surface area (Å²) in [6.07, 6.45) is 0.258. The van der Waals surface area contributed by atoms with Crippen molar-refractivity contribution >= 4 is 23.6 Å². The maximum absolute atomic E-state index is 12.9. The number of thioether (sulfide) groups is 1. The molecule has 5 nitrogen and oxygen atoms in total. The molecule has 0 aromatic heterocycles. The molecule has 0 saturated carbocycles. The van der Waals surface area contributed by atoms with Gasteiger partial charge in [0.05, 0.1) is 6.42 Å².